The monoisotopic (exact) mass is 468 g/mol. The number of aromatic nitrogens is 3. The van der Waals surface area contributed by atoms with Crippen LogP contribution >= 0.6 is 11.8 Å². The summed E-state index contributed by atoms with van der Waals surface area (Å²) in [5.41, 5.74) is 1.97. The van der Waals surface area contributed by atoms with Crippen LogP contribution < -0.4 is 14.2 Å². The highest BCUT2D eigenvalue weighted by Gasteiger charge is 2.19. The Kier molecular flexibility index (Phi) is 7.39. The van der Waals surface area contributed by atoms with Crippen LogP contribution in [0.4, 0.5) is 0 Å². The minimum Gasteiger partial charge on any atom is -0.497 e. The van der Waals surface area contributed by atoms with Crippen LogP contribution in [0.15, 0.2) is 47.6 Å². The van der Waals surface area contributed by atoms with Crippen molar-refractivity contribution in [1.29, 1.82) is 0 Å². The van der Waals surface area contributed by atoms with Crippen molar-refractivity contribution >= 4 is 17.7 Å². The lowest BCUT2D eigenvalue weighted by Gasteiger charge is -2.23. The number of benzene rings is 2. The van der Waals surface area contributed by atoms with Gasteiger partial charge in [0.2, 0.25) is 5.91 Å². The third-order valence-electron chi connectivity index (χ3n) is 5.42. The molecule has 0 saturated carbocycles. The average molecular weight is 469 g/mol. The van der Waals surface area contributed by atoms with E-state index in [1.165, 1.54) is 11.8 Å². The number of rotatable bonds is 9. The molecule has 1 aliphatic heterocycles. The minimum atomic E-state index is 0.0500. The molecule has 2 heterocycles. The van der Waals surface area contributed by atoms with E-state index in [1.807, 2.05) is 65.8 Å². The van der Waals surface area contributed by atoms with Crippen molar-refractivity contribution in [3.8, 4) is 28.6 Å². The second-order valence-corrected chi connectivity index (χ2v) is 8.40. The Morgan fingerprint density at radius 1 is 1.09 bits per heavy atom. The van der Waals surface area contributed by atoms with Crippen LogP contribution in [-0.2, 0) is 17.9 Å². The summed E-state index contributed by atoms with van der Waals surface area (Å²) in [7, 11) is 1.64. The van der Waals surface area contributed by atoms with Gasteiger partial charge in [0.05, 0.1) is 12.9 Å². The van der Waals surface area contributed by atoms with Crippen LogP contribution in [-0.4, -0.2) is 58.2 Å². The Morgan fingerprint density at radius 3 is 2.55 bits per heavy atom. The Bertz CT molecular complexity index is 1100. The summed E-state index contributed by atoms with van der Waals surface area (Å²) in [6.45, 7) is 6.97. The zero-order valence-corrected chi connectivity index (χ0v) is 19.9. The van der Waals surface area contributed by atoms with Crippen LogP contribution in [0.1, 0.15) is 19.4 Å². The Balaban J connectivity index is 1.41. The molecule has 0 fully saturated rings. The van der Waals surface area contributed by atoms with Gasteiger partial charge in [0, 0.05) is 25.2 Å². The summed E-state index contributed by atoms with van der Waals surface area (Å²) in [6, 6.07) is 13.6. The van der Waals surface area contributed by atoms with E-state index < -0.39 is 0 Å². The third-order valence-corrected chi connectivity index (χ3v) is 6.37. The van der Waals surface area contributed by atoms with Crippen LogP contribution in [0, 0.1) is 0 Å². The molecule has 0 aliphatic carbocycles. The van der Waals surface area contributed by atoms with Gasteiger partial charge in [-0.25, -0.2) is 0 Å². The van der Waals surface area contributed by atoms with Crippen molar-refractivity contribution in [2.45, 2.75) is 32.1 Å². The molecule has 0 unspecified atom stereocenters. The molecule has 3 aromatic rings. The first kappa shape index (κ1) is 23.0. The highest BCUT2D eigenvalue weighted by Crippen LogP contribution is 2.31. The fourth-order valence-electron chi connectivity index (χ4n) is 3.63. The van der Waals surface area contributed by atoms with E-state index in [4.69, 9.17) is 14.2 Å². The SMILES string of the molecule is CCN(Cc1ccc2c(c1)OCCO2)C(=O)CSc1nnc(-c2ccc(OC)cc2)n1CC. The van der Waals surface area contributed by atoms with Gasteiger partial charge in [-0.1, -0.05) is 17.8 Å². The Labute approximate surface area is 197 Å². The van der Waals surface area contributed by atoms with E-state index in [9.17, 15) is 4.79 Å². The van der Waals surface area contributed by atoms with Gasteiger partial charge in [-0.15, -0.1) is 10.2 Å². The molecule has 0 N–H and O–H groups in total. The molecule has 4 rings (SSSR count). The second-order valence-electron chi connectivity index (χ2n) is 7.45. The number of methoxy groups -OCH3 is 1. The van der Waals surface area contributed by atoms with Gasteiger partial charge in [0.25, 0.3) is 0 Å². The summed E-state index contributed by atoms with van der Waals surface area (Å²) >= 11 is 1.41. The predicted octanol–water partition coefficient (Wildman–Crippen LogP) is 3.89. The van der Waals surface area contributed by atoms with E-state index in [1.54, 1.807) is 7.11 Å². The summed E-state index contributed by atoms with van der Waals surface area (Å²) in [4.78, 5) is 14.8. The standard InChI is InChI=1S/C24H28N4O4S/c1-4-27(15-17-6-11-20-21(14-17)32-13-12-31-20)22(29)16-33-24-26-25-23(28(24)5-2)18-7-9-19(30-3)10-8-18/h6-11,14H,4-5,12-13,15-16H2,1-3H3. The second kappa shape index (κ2) is 10.6. The molecule has 33 heavy (non-hydrogen) atoms. The Hall–Kier alpha value is -3.20. The van der Waals surface area contributed by atoms with E-state index in [0.29, 0.717) is 38.6 Å². The molecular formula is C24H28N4O4S. The van der Waals surface area contributed by atoms with E-state index in [-0.39, 0.29) is 5.91 Å². The molecule has 0 atom stereocenters. The normalized spacial score (nSPS) is 12.5. The summed E-state index contributed by atoms with van der Waals surface area (Å²) < 4.78 is 18.5. The lowest BCUT2D eigenvalue weighted by Crippen LogP contribution is -2.31. The molecule has 8 nitrogen and oxygen atoms in total. The van der Waals surface area contributed by atoms with Gasteiger partial charge in [-0.3, -0.25) is 4.79 Å². The highest BCUT2D eigenvalue weighted by molar-refractivity contribution is 7.99. The van der Waals surface area contributed by atoms with E-state index in [2.05, 4.69) is 10.2 Å². The quantitative estimate of drug-likeness (QED) is 0.441. The topological polar surface area (TPSA) is 78.7 Å². The number of hydrogen-bond donors (Lipinski definition) is 0. The minimum absolute atomic E-state index is 0.0500. The van der Waals surface area contributed by atoms with Gasteiger partial charge in [0.15, 0.2) is 22.5 Å². The first-order chi connectivity index (χ1) is 16.1. The molecule has 1 aliphatic rings. The number of carbonyl (C=O) groups excluding carboxylic acids is 1. The van der Waals surface area contributed by atoms with Crippen molar-refractivity contribution in [3.63, 3.8) is 0 Å². The van der Waals surface area contributed by atoms with Gasteiger partial charge in [0.1, 0.15) is 19.0 Å². The van der Waals surface area contributed by atoms with E-state index >= 15 is 0 Å². The molecule has 9 heteroatoms. The van der Waals surface area contributed by atoms with Gasteiger partial charge in [-0.2, -0.15) is 0 Å². The molecular weight excluding hydrogens is 440 g/mol. The van der Waals surface area contributed by atoms with Gasteiger partial charge in [-0.05, 0) is 55.8 Å². The lowest BCUT2D eigenvalue weighted by molar-refractivity contribution is -0.128. The maximum absolute atomic E-state index is 13.0. The fraction of sp³-hybridized carbons (Fsp3) is 0.375. The molecule has 1 amide bonds. The van der Waals surface area contributed by atoms with Crippen LogP contribution in [0.2, 0.25) is 0 Å². The van der Waals surface area contributed by atoms with Crippen LogP contribution in [0.3, 0.4) is 0 Å². The van der Waals surface area contributed by atoms with Crippen molar-refractivity contribution in [1.82, 2.24) is 19.7 Å². The number of ether oxygens (including phenoxy) is 3. The molecule has 0 spiro atoms. The molecule has 2 aromatic carbocycles. The number of nitrogens with zero attached hydrogens (tertiary/aromatic N) is 4. The van der Waals surface area contributed by atoms with Crippen molar-refractivity contribution in [2.24, 2.45) is 0 Å². The number of amides is 1. The van der Waals surface area contributed by atoms with Crippen molar-refractivity contribution in [2.75, 3.05) is 32.6 Å². The summed E-state index contributed by atoms with van der Waals surface area (Å²) in [6.07, 6.45) is 0. The van der Waals surface area contributed by atoms with Crippen LogP contribution in [0.5, 0.6) is 17.2 Å². The number of thioether (sulfide) groups is 1. The molecule has 0 bridgehead atoms. The van der Waals surface area contributed by atoms with Crippen molar-refractivity contribution < 1.29 is 19.0 Å². The number of fused-ring (bicyclic) bond motifs is 1. The molecule has 0 radical (unpaired) electrons. The first-order valence-electron chi connectivity index (χ1n) is 11.0. The fourth-order valence-corrected chi connectivity index (χ4v) is 4.54. The maximum atomic E-state index is 13.0. The molecule has 174 valence electrons. The Morgan fingerprint density at radius 2 is 1.85 bits per heavy atom. The summed E-state index contributed by atoms with van der Waals surface area (Å²) in [5, 5.41) is 9.43. The van der Waals surface area contributed by atoms with Crippen molar-refractivity contribution in [3.05, 3.63) is 48.0 Å². The zero-order valence-electron chi connectivity index (χ0n) is 19.1. The smallest absolute Gasteiger partial charge is 0.233 e. The number of carbonyl (C=O) groups is 1. The number of hydrogen-bond acceptors (Lipinski definition) is 7. The van der Waals surface area contributed by atoms with Gasteiger partial charge < -0.3 is 23.7 Å². The predicted molar refractivity (Wildman–Crippen MR) is 127 cm³/mol. The zero-order chi connectivity index (χ0) is 23.2. The largest absolute Gasteiger partial charge is 0.497 e. The maximum Gasteiger partial charge on any atom is 0.233 e. The molecule has 0 saturated heterocycles. The average Bonchev–Trinajstić information content (AvgIpc) is 3.28. The lowest BCUT2D eigenvalue weighted by atomic mass is 10.2. The van der Waals surface area contributed by atoms with Gasteiger partial charge >= 0.3 is 0 Å². The summed E-state index contributed by atoms with van der Waals surface area (Å²) in [5.74, 6) is 3.39. The van der Waals surface area contributed by atoms with E-state index in [0.717, 1.165) is 39.4 Å². The first-order valence-corrected chi connectivity index (χ1v) is 12.0. The third kappa shape index (κ3) is 5.24. The highest BCUT2D eigenvalue weighted by atomic mass is 32.2. The van der Waals surface area contributed by atoms with Crippen LogP contribution in [0.25, 0.3) is 11.4 Å². The molecule has 1 aromatic heterocycles.